The first kappa shape index (κ1) is 11.5. The SMILES string of the molecule is Cc1cccc(C2CCSCC2C(=O)O)c1. The number of carbonyl (C=O) groups is 1. The van der Waals surface area contributed by atoms with Gasteiger partial charge in [0.2, 0.25) is 0 Å². The maximum atomic E-state index is 11.2. The van der Waals surface area contributed by atoms with Crippen LogP contribution in [0.2, 0.25) is 0 Å². The summed E-state index contributed by atoms with van der Waals surface area (Å²) < 4.78 is 0. The summed E-state index contributed by atoms with van der Waals surface area (Å²) >= 11 is 1.75. The molecule has 1 saturated heterocycles. The molecule has 0 aromatic heterocycles. The van der Waals surface area contributed by atoms with E-state index >= 15 is 0 Å². The largest absolute Gasteiger partial charge is 0.481 e. The van der Waals surface area contributed by atoms with Gasteiger partial charge in [0.25, 0.3) is 0 Å². The van der Waals surface area contributed by atoms with Crippen LogP contribution >= 0.6 is 11.8 Å². The lowest BCUT2D eigenvalue weighted by Crippen LogP contribution is -2.28. The molecular weight excluding hydrogens is 220 g/mol. The second-order valence-electron chi connectivity index (χ2n) is 4.33. The highest BCUT2D eigenvalue weighted by atomic mass is 32.2. The van der Waals surface area contributed by atoms with Crippen LogP contribution in [-0.2, 0) is 4.79 Å². The molecule has 2 rings (SSSR count). The van der Waals surface area contributed by atoms with Gasteiger partial charge >= 0.3 is 5.97 Å². The van der Waals surface area contributed by atoms with E-state index in [-0.39, 0.29) is 11.8 Å². The van der Waals surface area contributed by atoms with Crippen molar-refractivity contribution in [1.82, 2.24) is 0 Å². The minimum Gasteiger partial charge on any atom is -0.481 e. The van der Waals surface area contributed by atoms with Gasteiger partial charge in [0.1, 0.15) is 0 Å². The summed E-state index contributed by atoms with van der Waals surface area (Å²) in [5.41, 5.74) is 2.40. The summed E-state index contributed by atoms with van der Waals surface area (Å²) in [5, 5.41) is 9.23. The second kappa shape index (κ2) is 4.91. The molecule has 0 spiro atoms. The monoisotopic (exact) mass is 236 g/mol. The zero-order valence-corrected chi connectivity index (χ0v) is 10.2. The fraction of sp³-hybridized carbons (Fsp3) is 0.462. The number of thioether (sulfide) groups is 1. The second-order valence-corrected chi connectivity index (χ2v) is 5.48. The van der Waals surface area contributed by atoms with E-state index in [2.05, 4.69) is 25.1 Å². The first-order chi connectivity index (χ1) is 7.68. The normalized spacial score (nSPS) is 25.3. The molecule has 0 amide bonds. The van der Waals surface area contributed by atoms with Crippen LogP contribution in [0.15, 0.2) is 24.3 Å². The lowest BCUT2D eigenvalue weighted by Gasteiger charge is -2.28. The number of aryl methyl sites for hydroxylation is 1. The third-order valence-corrected chi connectivity index (χ3v) is 4.26. The summed E-state index contributed by atoms with van der Waals surface area (Å²) in [6.45, 7) is 2.05. The van der Waals surface area contributed by atoms with E-state index in [0.29, 0.717) is 0 Å². The van der Waals surface area contributed by atoms with Gasteiger partial charge in [-0.25, -0.2) is 0 Å². The fourth-order valence-corrected chi connectivity index (χ4v) is 3.50. The van der Waals surface area contributed by atoms with E-state index in [1.165, 1.54) is 11.1 Å². The molecule has 1 N–H and O–H groups in total. The van der Waals surface area contributed by atoms with Crippen LogP contribution in [0.3, 0.4) is 0 Å². The van der Waals surface area contributed by atoms with Crippen LogP contribution in [-0.4, -0.2) is 22.6 Å². The van der Waals surface area contributed by atoms with E-state index in [4.69, 9.17) is 0 Å². The summed E-state index contributed by atoms with van der Waals surface area (Å²) in [7, 11) is 0. The third-order valence-electron chi connectivity index (χ3n) is 3.14. The van der Waals surface area contributed by atoms with Gasteiger partial charge < -0.3 is 5.11 Å². The minimum absolute atomic E-state index is 0.193. The van der Waals surface area contributed by atoms with Gasteiger partial charge in [-0.05, 0) is 30.6 Å². The Morgan fingerprint density at radius 3 is 3.00 bits per heavy atom. The van der Waals surface area contributed by atoms with Gasteiger partial charge in [-0.15, -0.1) is 0 Å². The molecule has 0 radical (unpaired) electrons. The lowest BCUT2D eigenvalue weighted by atomic mass is 9.84. The Morgan fingerprint density at radius 1 is 1.50 bits per heavy atom. The van der Waals surface area contributed by atoms with E-state index in [1.807, 2.05) is 6.07 Å². The molecule has 16 heavy (non-hydrogen) atoms. The zero-order chi connectivity index (χ0) is 11.5. The topological polar surface area (TPSA) is 37.3 Å². The van der Waals surface area contributed by atoms with Gasteiger partial charge in [-0.1, -0.05) is 29.8 Å². The zero-order valence-electron chi connectivity index (χ0n) is 9.35. The summed E-state index contributed by atoms with van der Waals surface area (Å²) in [5.74, 6) is 1.13. The Morgan fingerprint density at radius 2 is 2.31 bits per heavy atom. The van der Waals surface area contributed by atoms with Crippen LogP contribution < -0.4 is 0 Å². The molecule has 1 aliphatic heterocycles. The molecular formula is C13H16O2S. The van der Waals surface area contributed by atoms with Crippen molar-refractivity contribution < 1.29 is 9.90 Å². The van der Waals surface area contributed by atoms with Crippen molar-refractivity contribution in [2.45, 2.75) is 19.3 Å². The molecule has 3 heteroatoms. The highest BCUT2D eigenvalue weighted by Gasteiger charge is 2.32. The summed E-state index contributed by atoms with van der Waals surface area (Å²) in [6.07, 6.45) is 0.977. The quantitative estimate of drug-likeness (QED) is 0.858. The Kier molecular flexibility index (Phi) is 3.54. The Hall–Kier alpha value is -0.960. The number of carboxylic acid groups (broad SMARTS) is 1. The average Bonchev–Trinajstić information content (AvgIpc) is 2.29. The number of carboxylic acids is 1. The van der Waals surface area contributed by atoms with Gasteiger partial charge in [0, 0.05) is 5.75 Å². The van der Waals surface area contributed by atoms with Crippen molar-refractivity contribution >= 4 is 17.7 Å². The first-order valence-electron chi connectivity index (χ1n) is 5.55. The van der Waals surface area contributed by atoms with E-state index in [1.54, 1.807) is 11.8 Å². The predicted octanol–water partition coefficient (Wildman–Crippen LogP) is 2.92. The third kappa shape index (κ3) is 2.40. The van der Waals surface area contributed by atoms with Crippen LogP contribution in [0.25, 0.3) is 0 Å². The predicted molar refractivity (Wildman–Crippen MR) is 67.0 cm³/mol. The lowest BCUT2D eigenvalue weighted by molar-refractivity contribution is -0.141. The van der Waals surface area contributed by atoms with Crippen LogP contribution in [0.4, 0.5) is 0 Å². The highest BCUT2D eigenvalue weighted by Crippen LogP contribution is 2.36. The molecule has 2 unspecified atom stereocenters. The maximum absolute atomic E-state index is 11.2. The van der Waals surface area contributed by atoms with Gasteiger partial charge in [-0.3, -0.25) is 4.79 Å². The number of benzene rings is 1. The molecule has 1 fully saturated rings. The smallest absolute Gasteiger partial charge is 0.307 e. The first-order valence-corrected chi connectivity index (χ1v) is 6.71. The van der Waals surface area contributed by atoms with Crippen molar-refractivity contribution in [3.63, 3.8) is 0 Å². The molecule has 0 saturated carbocycles. The van der Waals surface area contributed by atoms with Gasteiger partial charge in [0.15, 0.2) is 0 Å². The molecule has 86 valence electrons. The average molecular weight is 236 g/mol. The Bertz CT molecular complexity index is 389. The number of hydrogen-bond acceptors (Lipinski definition) is 2. The standard InChI is InChI=1S/C13H16O2S/c1-9-3-2-4-10(7-9)11-5-6-16-8-12(11)13(14)15/h2-4,7,11-12H,5-6,8H2,1H3,(H,14,15). The number of rotatable bonds is 2. The van der Waals surface area contributed by atoms with Crippen molar-refractivity contribution in [3.8, 4) is 0 Å². The van der Waals surface area contributed by atoms with Crippen LogP contribution in [0, 0.1) is 12.8 Å². The van der Waals surface area contributed by atoms with Crippen molar-refractivity contribution in [1.29, 1.82) is 0 Å². The molecule has 1 aliphatic rings. The van der Waals surface area contributed by atoms with Crippen LogP contribution in [0.5, 0.6) is 0 Å². The molecule has 2 atom stereocenters. The van der Waals surface area contributed by atoms with Gasteiger partial charge in [0.05, 0.1) is 5.92 Å². The van der Waals surface area contributed by atoms with Gasteiger partial charge in [-0.2, -0.15) is 11.8 Å². The highest BCUT2D eigenvalue weighted by molar-refractivity contribution is 7.99. The Labute approximate surface area is 100 Å². The molecule has 1 aromatic carbocycles. The van der Waals surface area contributed by atoms with Crippen molar-refractivity contribution in [2.24, 2.45) is 5.92 Å². The maximum Gasteiger partial charge on any atom is 0.307 e. The van der Waals surface area contributed by atoms with E-state index < -0.39 is 5.97 Å². The van der Waals surface area contributed by atoms with Crippen LogP contribution in [0.1, 0.15) is 23.5 Å². The summed E-state index contributed by atoms with van der Waals surface area (Å²) in [6, 6.07) is 8.25. The molecule has 2 nitrogen and oxygen atoms in total. The molecule has 0 aliphatic carbocycles. The number of hydrogen-bond donors (Lipinski definition) is 1. The molecule has 0 bridgehead atoms. The Balaban J connectivity index is 2.26. The molecule has 1 heterocycles. The summed E-state index contributed by atoms with van der Waals surface area (Å²) in [4.78, 5) is 11.2. The number of aliphatic carboxylic acids is 1. The van der Waals surface area contributed by atoms with Crippen molar-refractivity contribution in [3.05, 3.63) is 35.4 Å². The minimum atomic E-state index is -0.654. The van der Waals surface area contributed by atoms with Crippen molar-refractivity contribution in [2.75, 3.05) is 11.5 Å². The molecule has 1 aromatic rings. The van der Waals surface area contributed by atoms with E-state index in [9.17, 15) is 9.90 Å². The van der Waals surface area contributed by atoms with E-state index in [0.717, 1.165) is 17.9 Å². The fourth-order valence-electron chi connectivity index (χ4n) is 2.28.